The zero-order valence-corrected chi connectivity index (χ0v) is 32.2. The molecule has 1 aliphatic heterocycles. The van der Waals surface area contributed by atoms with E-state index in [9.17, 15) is 20.0 Å². The minimum Gasteiger partial charge on any atom is -0.414 e. The molecule has 5 atom stereocenters. The van der Waals surface area contributed by atoms with Crippen LogP contribution in [-0.2, 0) is 19.6 Å². The Bertz CT molecular complexity index is 1490. The number of nitrogen functional groups attached to an aromatic ring is 1. The highest BCUT2D eigenvalue weighted by atomic mass is 28.4. The van der Waals surface area contributed by atoms with Gasteiger partial charge in [0, 0.05) is 12.3 Å². The molecule has 0 aliphatic carbocycles. The number of nitrogens with zero attached hydrogens (tertiary/aromatic N) is 3. The normalized spacial score (nSPS) is 25.5. The highest BCUT2D eigenvalue weighted by molar-refractivity contribution is 6.83. The molecule has 0 radical (unpaired) electrons. The molecule has 0 bridgehead atoms. The van der Waals surface area contributed by atoms with Gasteiger partial charge in [0.05, 0.1) is 31.3 Å². The topological polar surface area (TPSA) is 152 Å². The number of aliphatic hydroxyl groups is 1. The standard InChI is InChI=1S/C33H56N4O7Si2/c1-29(2,3)26(22-17-15-16-18-23(22)37(40)41)43-27-32(10,36-20-19-25(34)35-28(36)38)44-24(21-42-46(13,14)31(7,8)9)33(27,39)45(11,12)30(4,5)6/h15-20,24,26-27,39H,21H2,1-14H3,(H2,34,35,38)/t24-,26-,27+,32-,33+/m1/s1. The Balaban J connectivity index is 2.41. The Morgan fingerprint density at radius 1 is 1.07 bits per heavy atom. The summed E-state index contributed by atoms with van der Waals surface area (Å²) in [7, 11) is -5.26. The first-order valence-corrected chi connectivity index (χ1v) is 21.8. The molecule has 13 heteroatoms. The number of anilines is 1. The summed E-state index contributed by atoms with van der Waals surface area (Å²) in [5.74, 6) is 0.0465. The molecule has 0 unspecified atom stereocenters. The number of aromatic nitrogens is 2. The van der Waals surface area contributed by atoms with Crippen LogP contribution in [-0.4, -0.2) is 60.0 Å². The second-order valence-corrected chi connectivity index (χ2v) is 27.4. The third-order valence-corrected chi connectivity index (χ3v) is 21.7. The summed E-state index contributed by atoms with van der Waals surface area (Å²) >= 11 is 0. The van der Waals surface area contributed by atoms with E-state index in [0.29, 0.717) is 5.56 Å². The maximum absolute atomic E-state index is 13.5. The van der Waals surface area contributed by atoms with Crippen LogP contribution in [0.3, 0.4) is 0 Å². The lowest BCUT2D eigenvalue weighted by Crippen LogP contribution is -2.71. The van der Waals surface area contributed by atoms with E-state index in [-0.39, 0.29) is 28.2 Å². The van der Waals surface area contributed by atoms with Gasteiger partial charge in [0.2, 0.25) is 0 Å². The lowest BCUT2D eigenvalue weighted by Gasteiger charge is -2.53. The lowest BCUT2D eigenvalue weighted by atomic mass is 9.83. The predicted octanol–water partition coefficient (Wildman–Crippen LogP) is 6.78. The zero-order valence-electron chi connectivity index (χ0n) is 30.2. The average molecular weight is 677 g/mol. The molecule has 0 spiro atoms. The second-order valence-electron chi connectivity index (χ2n) is 17.0. The number of rotatable bonds is 9. The largest absolute Gasteiger partial charge is 0.414 e. The zero-order chi connectivity index (χ0) is 35.5. The van der Waals surface area contributed by atoms with E-state index in [4.69, 9.17) is 19.6 Å². The molecule has 3 N–H and O–H groups in total. The smallest absolute Gasteiger partial charge is 0.351 e. The maximum atomic E-state index is 13.5. The Hall–Kier alpha value is -2.43. The number of nitrogens with two attached hydrogens (primary N) is 1. The van der Waals surface area contributed by atoms with Crippen molar-refractivity contribution in [3.8, 4) is 0 Å². The molecule has 2 aromatic rings. The van der Waals surface area contributed by atoms with E-state index >= 15 is 0 Å². The molecule has 1 aromatic heterocycles. The Kier molecular flexibility index (Phi) is 10.1. The minimum atomic E-state index is -2.93. The summed E-state index contributed by atoms with van der Waals surface area (Å²) in [5.41, 5.74) is 3.21. The van der Waals surface area contributed by atoms with Gasteiger partial charge in [-0.2, -0.15) is 4.98 Å². The predicted molar refractivity (Wildman–Crippen MR) is 187 cm³/mol. The highest BCUT2D eigenvalue weighted by Gasteiger charge is 2.72. The fraction of sp³-hybridized carbons (Fsp3) is 0.697. The van der Waals surface area contributed by atoms with Crippen molar-refractivity contribution >= 4 is 27.9 Å². The molecule has 1 aromatic carbocycles. The van der Waals surface area contributed by atoms with Gasteiger partial charge in [0.25, 0.3) is 5.69 Å². The van der Waals surface area contributed by atoms with Gasteiger partial charge in [-0.05, 0) is 47.6 Å². The van der Waals surface area contributed by atoms with Crippen molar-refractivity contribution < 1.29 is 23.9 Å². The highest BCUT2D eigenvalue weighted by Crippen LogP contribution is 2.57. The minimum absolute atomic E-state index is 0.0465. The molecule has 258 valence electrons. The van der Waals surface area contributed by atoms with Crippen LogP contribution >= 0.6 is 0 Å². The summed E-state index contributed by atoms with van der Waals surface area (Å²) in [5, 5.41) is 23.6. The Morgan fingerprint density at radius 3 is 2.11 bits per heavy atom. The van der Waals surface area contributed by atoms with Crippen LogP contribution in [0.2, 0.25) is 36.3 Å². The molecular formula is C33H56N4O7Si2. The third-order valence-electron chi connectivity index (χ3n) is 10.8. The fourth-order valence-corrected chi connectivity index (χ4v) is 10.1. The van der Waals surface area contributed by atoms with Gasteiger partial charge in [-0.25, -0.2) is 4.79 Å². The van der Waals surface area contributed by atoms with E-state index in [1.54, 1.807) is 25.1 Å². The van der Waals surface area contributed by atoms with Crippen molar-refractivity contribution in [3.05, 3.63) is 62.7 Å². The van der Waals surface area contributed by atoms with Gasteiger partial charge in [-0.3, -0.25) is 14.7 Å². The molecule has 1 saturated heterocycles. The van der Waals surface area contributed by atoms with E-state index in [1.165, 1.54) is 22.9 Å². The van der Waals surface area contributed by atoms with Crippen LogP contribution in [0.5, 0.6) is 0 Å². The quantitative estimate of drug-likeness (QED) is 0.166. The van der Waals surface area contributed by atoms with Crippen LogP contribution in [0.1, 0.15) is 80.9 Å². The first-order valence-electron chi connectivity index (χ1n) is 15.9. The molecule has 0 saturated carbocycles. The van der Waals surface area contributed by atoms with Crippen molar-refractivity contribution in [2.45, 2.75) is 135 Å². The van der Waals surface area contributed by atoms with Gasteiger partial charge in [0.15, 0.2) is 14.0 Å². The lowest BCUT2D eigenvalue weighted by molar-refractivity contribution is -0.386. The van der Waals surface area contributed by atoms with Crippen molar-refractivity contribution in [2.24, 2.45) is 5.41 Å². The first-order chi connectivity index (χ1) is 20.6. The summed E-state index contributed by atoms with van der Waals surface area (Å²) in [4.78, 5) is 29.4. The molecule has 11 nitrogen and oxygen atoms in total. The molecule has 1 aliphatic rings. The molecule has 3 rings (SSSR count). The van der Waals surface area contributed by atoms with E-state index in [2.05, 4.69) is 72.7 Å². The fourth-order valence-electron chi connectivity index (χ4n) is 5.93. The number of nitro benzene ring substituents is 1. The summed E-state index contributed by atoms with van der Waals surface area (Å²) in [6.45, 7) is 28.8. The van der Waals surface area contributed by atoms with Crippen LogP contribution in [0.25, 0.3) is 0 Å². The monoisotopic (exact) mass is 676 g/mol. The number of nitro groups is 1. The average Bonchev–Trinajstić information content (AvgIpc) is 3.11. The Morgan fingerprint density at radius 2 is 1.63 bits per heavy atom. The van der Waals surface area contributed by atoms with Gasteiger partial charge in [0.1, 0.15) is 23.3 Å². The summed E-state index contributed by atoms with van der Waals surface area (Å²) in [6, 6.07) is 7.98. The van der Waals surface area contributed by atoms with Crippen molar-refractivity contribution in [3.63, 3.8) is 0 Å². The third kappa shape index (κ3) is 6.63. The van der Waals surface area contributed by atoms with E-state index in [0.717, 1.165) is 0 Å². The number of benzene rings is 1. The van der Waals surface area contributed by atoms with Gasteiger partial charge in [-0.1, -0.05) is 87.5 Å². The molecule has 46 heavy (non-hydrogen) atoms. The molecular weight excluding hydrogens is 621 g/mol. The molecule has 2 heterocycles. The SMILES string of the molecule is CC(C)(C)[C@H](O[C@@H]1[C@@](O)([Si](C)(C)C(C)(C)C)[C@@H](CO[Si](C)(C)C(C)(C)C)O[C@@]1(C)n1ccc(N)nc1=O)c1ccccc1[N+](=O)[O-]. The number of hydrogen-bond donors (Lipinski definition) is 2. The van der Waals surface area contributed by atoms with Crippen molar-refractivity contribution in [1.29, 1.82) is 0 Å². The second kappa shape index (κ2) is 12.2. The van der Waals surface area contributed by atoms with Crippen LogP contribution < -0.4 is 11.4 Å². The number of para-hydroxylation sites is 1. The van der Waals surface area contributed by atoms with Gasteiger partial charge < -0.3 is 24.7 Å². The summed E-state index contributed by atoms with van der Waals surface area (Å²) < 4.78 is 22.1. The van der Waals surface area contributed by atoms with Crippen molar-refractivity contribution in [2.75, 3.05) is 12.3 Å². The number of hydrogen-bond acceptors (Lipinski definition) is 9. The van der Waals surface area contributed by atoms with Gasteiger partial charge in [-0.15, -0.1) is 0 Å². The summed E-state index contributed by atoms with van der Waals surface area (Å²) in [6.07, 6.45) is -1.47. The molecule has 1 fully saturated rings. The molecule has 0 amide bonds. The van der Waals surface area contributed by atoms with Crippen LogP contribution in [0, 0.1) is 15.5 Å². The van der Waals surface area contributed by atoms with Gasteiger partial charge >= 0.3 is 5.69 Å². The van der Waals surface area contributed by atoms with Crippen LogP contribution in [0.4, 0.5) is 11.5 Å². The van der Waals surface area contributed by atoms with E-state index in [1.807, 2.05) is 20.8 Å². The van der Waals surface area contributed by atoms with Crippen LogP contribution in [0.15, 0.2) is 41.3 Å². The number of ether oxygens (including phenoxy) is 2. The maximum Gasteiger partial charge on any atom is 0.351 e. The van der Waals surface area contributed by atoms with Crippen molar-refractivity contribution in [1.82, 2.24) is 9.55 Å². The first kappa shape index (κ1) is 38.0. The van der Waals surface area contributed by atoms with E-state index < -0.39 is 61.7 Å². The Labute approximate surface area is 276 Å².